The molecule has 0 fully saturated rings. The van der Waals surface area contributed by atoms with Gasteiger partial charge in [-0.2, -0.15) is 5.10 Å². The van der Waals surface area contributed by atoms with Crippen LogP contribution >= 0.6 is 11.6 Å². The van der Waals surface area contributed by atoms with E-state index in [-0.39, 0.29) is 23.7 Å². The van der Waals surface area contributed by atoms with Gasteiger partial charge in [-0.25, -0.2) is 13.9 Å². The van der Waals surface area contributed by atoms with Crippen molar-refractivity contribution in [1.82, 2.24) is 9.78 Å². The van der Waals surface area contributed by atoms with Crippen LogP contribution in [0.2, 0.25) is 5.02 Å². The molecule has 150 valence electrons. The summed E-state index contributed by atoms with van der Waals surface area (Å²) in [5, 5.41) is 7.49. The van der Waals surface area contributed by atoms with Crippen LogP contribution in [-0.2, 0) is 16.0 Å². The van der Waals surface area contributed by atoms with Gasteiger partial charge in [-0.3, -0.25) is 4.79 Å². The third kappa shape index (κ3) is 4.46. The zero-order valence-corrected chi connectivity index (χ0v) is 16.9. The molecule has 0 bridgehead atoms. The fraction of sp³-hybridized carbons (Fsp3) is 0.190. The average molecular weight is 416 g/mol. The number of esters is 1. The van der Waals surface area contributed by atoms with Crippen molar-refractivity contribution >= 4 is 29.2 Å². The average Bonchev–Trinajstić information content (AvgIpc) is 2.98. The minimum Gasteiger partial charge on any atom is -0.465 e. The molecule has 1 aromatic heterocycles. The van der Waals surface area contributed by atoms with E-state index < -0.39 is 5.97 Å². The van der Waals surface area contributed by atoms with Gasteiger partial charge in [-0.1, -0.05) is 11.6 Å². The van der Waals surface area contributed by atoms with Crippen LogP contribution < -0.4 is 5.32 Å². The quantitative estimate of drug-likeness (QED) is 0.632. The second-order valence-electron chi connectivity index (χ2n) is 6.45. The number of benzene rings is 2. The summed E-state index contributed by atoms with van der Waals surface area (Å²) < 4.78 is 19.5. The van der Waals surface area contributed by atoms with E-state index in [9.17, 15) is 14.0 Å². The van der Waals surface area contributed by atoms with Gasteiger partial charge in [0.1, 0.15) is 5.82 Å². The Bertz CT molecular complexity index is 1080. The number of methoxy groups -OCH3 is 1. The summed E-state index contributed by atoms with van der Waals surface area (Å²) in [6.45, 7) is 3.65. The predicted octanol–water partition coefficient (Wildman–Crippen LogP) is 4.25. The number of hydrogen-bond donors (Lipinski definition) is 1. The monoisotopic (exact) mass is 415 g/mol. The van der Waals surface area contributed by atoms with Gasteiger partial charge in [-0.05, 0) is 56.3 Å². The second-order valence-corrected chi connectivity index (χ2v) is 6.86. The number of carbonyl (C=O) groups is 2. The van der Waals surface area contributed by atoms with E-state index in [1.54, 1.807) is 23.7 Å². The molecule has 1 heterocycles. The van der Waals surface area contributed by atoms with Gasteiger partial charge < -0.3 is 10.1 Å². The third-order valence-electron chi connectivity index (χ3n) is 4.51. The molecular formula is C21H19ClFN3O3. The lowest BCUT2D eigenvalue weighted by Gasteiger charge is -2.09. The van der Waals surface area contributed by atoms with Crippen molar-refractivity contribution in [2.24, 2.45) is 0 Å². The van der Waals surface area contributed by atoms with Gasteiger partial charge in [0.15, 0.2) is 0 Å². The first-order chi connectivity index (χ1) is 13.8. The zero-order valence-electron chi connectivity index (χ0n) is 16.1. The summed E-state index contributed by atoms with van der Waals surface area (Å²) >= 11 is 6.14. The summed E-state index contributed by atoms with van der Waals surface area (Å²) in [5.41, 5.74) is 3.53. The number of hydrogen-bond acceptors (Lipinski definition) is 4. The molecule has 0 spiro atoms. The van der Waals surface area contributed by atoms with Crippen molar-refractivity contribution in [2.75, 3.05) is 12.4 Å². The predicted molar refractivity (Wildman–Crippen MR) is 108 cm³/mol. The molecule has 0 saturated carbocycles. The Kier molecular flexibility index (Phi) is 5.98. The number of halogens is 2. The number of amides is 1. The molecule has 8 heteroatoms. The van der Waals surface area contributed by atoms with Crippen molar-refractivity contribution in [3.63, 3.8) is 0 Å². The lowest BCUT2D eigenvalue weighted by atomic mass is 10.1. The van der Waals surface area contributed by atoms with E-state index in [4.69, 9.17) is 11.6 Å². The maximum atomic E-state index is 13.2. The van der Waals surface area contributed by atoms with Gasteiger partial charge >= 0.3 is 5.97 Å². The van der Waals surface area contributed by atoms with E-state index in [1.807, 2.05) is 6.92 Å². The number of anilines is 1. The van der Waals surface area contributed by atoms with Gasteiger partial charge in [0, 0.05) is 11.3 Å². The summed E-state index contributed by atoms with van der Waals surface area (Å²) in [7, 11) is 1.28. The molecule has 29 heavy (non-hydrogen) atoms. The minimum absolute atomic E-state index is 0.0671. The van der Waals surface area contributed by atoms with E-state index >= 15 is 0 Å². The molecule has 0 saturated heterocycles. The van der Waals surface area contributed by atoms with E-state index in [2.05, 4.69) is 15.2 Å². The summed E-state index contributed by atoms with van der Waals surface area (Å²) in [5.74, 6) is -1.16. The maximum absolute atomic E-state index is 13.2. The standard InChI is InChI=1S/C21H19ClFN3O3/c1-12-17(13(2)26(25-12)16-7-5-15(23)6-8-16)11-20(27)24-19-10-14(21(28)29-3)4-9-18(19)22/h4-10H,11H2,1-3H3,(H,24,27). The second kappa shape index (κ2) is 8.45. The van der Waals surface area contributed by atoms with E-state index in [1.165, 1.54) is 37.4 Å². The van der Waals surface area contributed by atoms with Crippen molar-refractivity contribution in [1.29, 1.82) is 0 Å². The molecule has 6 nitrogen and oxygen atoms in total. The Hall–Kier alpha value is -3.19. The fourth-order valence-corrected chi connectivity index (χ4v) is 3.15. The number of aryl methyl sites for hydroxylation is 1. The zero-order chi connectivity index (χ0) is 21.1. The van der Waals surface area contributed by atoms with Crippen LogP contribution in [0.25, 0.3) is 5.69 Å². The summed E-state index contributed by atoms with van der Waals surface area (Å²) in [6, 6.07) is 10.5. The Morgan fingerprint density at radius 2 is 1.86 bits per heavy atom. The summed E-state index contributed by atoms with van der Waals surface area (Å²) in [6.07, 6.45) is 0.0671. The van der Waals surface area contributed by atoms with Gasteiger partial charge in [0.05, 0.1) is 41.2 Å². The number of rotatable bonds is 5. The largest absolute Gasteiger partial charge is 0.465 e. The van der Waals surface area contributed by atoms with Crippen molar-refractivity contribution in [3.05, 3.63) is 75.8 Å². The molecular weight excluding hydrogens is 397 g/mol. The number of nitrogens with zero attached hydrogens (tertiary/aromatic N) is 2. The highest BCUT2D eigenvalue weighted by atomic mass is 35.5. The molecule has 3 aromatic rings. The molecule has 1 N–H and O–H groups in total. The summed E-state index contributed by atoms with van der Waals surface area (Å²) in [4.78, 5) is 24.3. The minimum atomic E-state index is -0.524. The molecule has 1 amide bonds. The van der Waals surface area contributed by atoms with Crippen LogP contribution in [-0.4, -0.2) is 28.8 Å². The third-order valence-corrected chi connectivity index (χ3v) is 4.84. The smallest absolute Gasteiger partial charge is 0.337 e. The molecule has 0 radical (unpaired) electrons. The van der Waals surface area contributed by atoms with Gasteiger partial charge in [0.2, 0.25) is 5.91 Å². The van der Waals surface area contributed by atoms with Crippen LogP contribution in [0, 0.1) is 19.7 Å². The lowest BCUT2D eigenvalue weighted by Crippen LogP contribution is -2.16. The highest BCUT2D eigenvalue weighted by molar-refractivity contribution is 6.33. The van der Waals surface area contributed by atoms with Crippen LogP contribution in [0.5, 0.6) is 0 Å². The van der Waals surface area contributed by atoms with Crippen molar-refractivity contribution < 1.29 is 18.7 Å². The SMILES string of the molecule is COC(=O)c1ccc(Cl)c(NC(=O)Cc2c(C)nn(-c3ccc(F)cc3)c2C)c1. The van der Waals surface area contributed by atoms with Crippen molar-refractivity contribution in [2.45, 2.75) is 20.3 Å². The molecule has 0 aliphatic carbocycles. The highest BCUT2D eigenvalue weighted by Crippen LogP contribution is 2.25. The van der Waals surface area contributed by atoms with Crippen LogP contribution in [0.15, 0.2) is 42.5 Å². The van der Waals surface area contributed by atoms with Gasteiger partial charge in [-0.15, -0.1) is 0 Å². The van der Waals surface area contributed by atoms with Crippen LogP contribution in [0.1, 0.15) is 27.3 Å². The molecule has 2 aromatic carbocycles. The molecule has 3 rings (SSSR count). The maximum Gasteiger partial charge on any atom is 0.337 e. The Balaban J connectivity index is 1.81. The Morgan fingerprint density at radius 3 is 2.52 bits per heavy atom. The number of ether oxygens (including phenoxy) is 1. The number of carbonyl (C=O) groups excluding carboxylic acids is 2. The fourth-order valence-electron chi connectivity index (χ4n) is 2.99. The van der Waals surface area contributed by atoms with Crippen LogP contribution in [0.4, 0.5) is 10.1 Å². The highest BCUT2D eigenvalue weighted by Gasteiger charge is 2.17. The topological polar surface area (TPSA) is 73.2 Å². The van der Waals surface area contributed by atoms with E-state index in [0.717, 1.165) is 11.3 Å². The molecule has 0 aliphatic rings. The number of aromatic nitrogens is 2. The van der Waals surface area contributed by atoms with Crippen LogP contribution in [0.3, 0.4) is 0 Å². The van der Waals surface area contributed by atoms with Crippen molar-refractivity contribution in [3.8, 4) is 5.69 Å². The molecule has 0 unspecified atom stereocenters. The first kappa shape index (κ1) is 20.5. The van der Waals surface area contributed by atoms with E-state index in [0.29, 0.717) is 22.1 Å². The molecule has 0 aliphatic heterocycles. The lowest BCUT2D eigenvalue weighted by molar-refractivity contribution is -0.115. The first-order valence-electron chi connectivity index (χ1n) is 8.79. The Labute approximate surface area is 172 Å². The van der Waals surface area contributed by atoms with Gasteiger partial charge in [0.25, 0.3) is 0 Å². The number of nitrogens with one attached hydrogen (secondary N) is 1. The Morgan fingerprint density at radius 1 is 1.17 bits per heavy atom. The molecule has 0 atom stereocenters. The first-order valence-corrected chi connectivity index (χ1v) is 9.16. The normalized spacial score (nSPS) is 10.7.